The van der Waals surface area contributed by atoms with Crippen molar-refractivity contribution in [2.24, 2.45) is 0 Å². The van der Waals surface area contributed by atoms with Crippen LogP contribution in [0.1, 0.15) is 10.4 Å². The number of benzene rings is 1. The minimum atomic E-state index is -1.20. The average Bonchev–Trinajstić information content (AvgIpc) is 2.79. The Kier molecular flexibility index (Phi) is 3.65. The van der Waals surface area contributed by atoms with Gasteiger partial charge in [0, 0.05) is 5.56 Å². The molecule has 4 N–H and O–H groups in total. The molecule has 0 saturated heterocycles. The lowest BCUT2D eigenvalue weighted by Gasteiger charge is -2.03. The molecule has 20 heavy (non-hydrogen) atoms. The predicted octanol–water partition coefficient (Wildman–Crippen LogP) is 0.877. The van der Waals surface area contributed by atoms with Crippen LogP contribution in [0.4, 0.5) is 10.3 Å². The summed E-state index contributed by atoms with van der Waals surface area (Å²) in [5.41, 5.74) is 5.96. The summed E-state index contributed by atoms with van der Waals surface area (Å²) in [6.45, 7) is -0.563. The number of nitrogens with two attached hydrogens (primary N) is 1. The van der Waals surface area contributed by atoms with Crippen molar-refractivity contribution in [3.63, 3.8) is 0 Å². The molecule has 0 aliphatic heterocycles. The minimum absolute atomic E-state index is 0.0853. The monoisotopic (exact) mass is 279 g/mol. The third kappa shape index (κ3) is 2.74. The molecule has 2 rings (SSSR count). The number of anilines is 1. The second-order valence-electron chi connectivity index (χ2n) is 3.85. The van der Waals surface area contributed by atoms with Crippen molar-refractivity contribution >= 4 is 17.8 Å². The molecule has 1 amide bonds. The van der Waals surface area contributed by atoms with E-state index in [0.717, 1.165) is 0 Å². The highest BCUT2D eigenvalue weighted by molar-refractivity contribution is 6.04. The third-order valence-corrected chi connectivity index (χ3v) is 2.46. The zero-order chi connectivity index (χ0) is 14.7. The number of hydrogen-bond acceptors (Lipinski definition) is 5. The van der Waals surface area contributed by atoms with Crippen molar-refractivity contribution in [3.05, 3.63) is 35.6 Å². The van der Waals surface area contributed by atoms with Crippen LogP contribution in [-0.2, 0) is 4.79 Å². The van der Waals surface area contributed by atoms with E-state index in [-0.39, 0.29) is 17.1 Å². The molecule has 1 heterocycles. The fraction of sp³-hybridized carbons (Fsp3) is 0.0833. The molecule has 1 aromatic carbocycles. The summed E-state index contributed by atoms with van der Waals surface area (Å²) >= 11 is 0. The van der Waals surface area contributed by atoms with Gasteiger partial charge in [-0.2, -0.15) is 0 Å². The number of carbonyl (C=O) groups excluding carboxylic acids is 1. The number of amides is 1. The lowest BCUT2D eigenvalue weighted by atomic mass is 10.1. The van der Waals surface area contributed by atoms with Crippen LogP contribution < -0.4 is 11.1 Å². The molecule has 0 spiro atoms. The van der Waals surface area contributed by atoms with E-state index in [0.29, 0.717) is 5.56 Å². The summed E-state index contributed by atoms with van der Waals surface area (Å²) in [6, 6.07) is 5.19. The number of nitrogens with one attached hydrogen (secondary N) is 1. The van der Waals surface area contributed by atoms with Crippen LogP contribution in [-0.4, -0.2) is 28.7 Å². The van der Waals surface area contributed by atoms with E-state index < -0.39 is 24.2 Å². The summed E-state index contributed by atoms with van der Waals surface area (Å²) in [7, 11) is 0. The maximum Gasteiger partial charge on any atom is 0.322 e. The van der Waals surface area contributed by atoms with Crippen LogP contribution >= 0.6 is 0 Å². The molecule has 0 aliphatic rings. The molecular formula is C12H10FN3O4. The second kappa shape index (κ2) is 5.39. The summed E-state index contributed by atoms with van der Waals surface area (Å²) < 4.78 is 17.6. The highest BCUT2D eigenvalue weighted by Crippen LogP contribution is 2.27. The first-order valence-corrected chi connectivity index (χ1v) is 5.50. The van der Waals surface area contributed by atoms with Crippen LogP contribution in [0.5, 0.6) is 0 Å². The lowest BCUT2D eigenvalue weighted by Crippen LogP contribution is -2.29. The van der Waals surface area contributed by atoms with Gasteiger partial charge in [-0.1, -0.05) is 5.16 Å². The number of aliphatic carboxylic acids is 1. The molecule has 1 aromatic heterocycles. The Balaban J connectivity index is 2.34. The van der Waals surface area contributed by atoms with Crippen LogP contribution in [0.2, 0.25) is 0 Å². The molecule has 0 aliphatic carbocycles. The smallest absolute Gasteiger partial charge is 0.322 e. The topological polar surface area (TPSA) is 118 Å². The molecule has 2 aromatic rings. The molecular weight excluding hydrogens is 269 g/mol. The van der Waals surface area contributed by atoms with Crippen LogP contribution in [0.15, 0.2) is 28.8 Å². The predicted molar refractivity (Wildman–Crippen MR) is 66.3 cm³/mol. The van der Waals surface area contributed by atoms with Gasteiger partial charge in [-0.05, 0) is 24.3 Å². The maximum absolute atomic E-state index is 12.9. The zero-order valence-electron chi connectivity index (χ0n) is 10.1. The zero-order valence-corrected chi connectivity index (χ0v) is 10.1. The van der Waals surface area contributed by atoms with Gasteiger partial charge in [0.15, 0.2) is 0 Å². The number of hydrogen-bond donors (Lipinski definition) is 3. The molecule has 0 atom stereocenters. The van der Waals surface area contributed by atoms with Crippen molar-refractivity contribution in [3.8, 4) is 11.3 Å². The number of halogens is 1. The van der Waals surface area contributed by atoms with E-state index in [2.05, 4.69) is 10.5 Å². The molecule has 0 bridgehead atoms. The molecule has 7 nitrogen and oxygen atoms in total. The first-order chi connectivity index (χ1) is 9.49. The second-order valence-corrected chi connectivity index (χ2v) is 3.85. The highest BCUT2D eigenvalue weighted by atomic mass is 19.1. The van der Waals surface area contributed by atoms with Crippen molar-refractivity contribution in [1.29, 1.82) is 0 Å². The first kappa shape index (κ1) is 13.5. The van der Waals surface area contributed by atoms with Crippen molar-refractivity contribution in [2.75, 3.05) is 12.3 Å². The molecule has 0 unspecified atom stereocenters. The Labute approximate surface area is 112 Å². The number of carboxylic acid groups (broad SMARTS) is 1. The fourth-order valence-electron chi connectivity index (χ4n) is 1.57. The Morgan fingerprint density at radius 2 is 2.00 bits per heavy atom. The number of nitrogen functional groups attached to an aromatic ring is 1. The van der Waals surface area contributed by atoms with E-state index in [1.54, 1.807) is 0 Å². The molecule has 0 radical (unpaired) electrons. The SMILES string of the molecule is Nc1onc(-c2ccc(F)cc2)c1C(=O)NCC(=O)O. The third-order valence-electron chi connectivity index (χ3n) is 2.46. The van der Waals surface area contributed by atoms with E-state index in [9.17, 15) is 14.0 Å². The summed E-state index contributed by atoms with van der Waals surface area (Å²) in [5.74, 6) is -2.61. The van der Waals surface area contributed by atoms with E-state index in [1.807, 2.05) is 0 Å². The van der Waals surface area contributed by atoms with Crippen LogP contribution in [0, 0.1) is 5.82 Å². The number of aromatic nitrogens is 1. The minimum Gasteiger partial charge on any atom is -0.480 e. The number of nitrogens with zero attached hydrogens (tertiary/aromatic N) is 1. The quantitative estimate of drug-likeness (QED) is 0.764. The van der Waals surface area contributed by atoms with Gasteiger partial charge in [0.05, 0.1) is 0 Å². The standard InChI is InChI=1S/C12H10FN3O4/c13-7-3-1-6(2-4-7)10-9(11(14)20-16-10)12(19)15-5-8(17)18/h1-4H,5,14H2,(H,15,19)(H,17,18). The Bertz CT molecular complexity index is 651. The Morgan fingerprint density at radius 3 is 2.60 bits per heavy atom. The molecule has 8 heteroatoms. The largest absolute Gasteiger partial charge is 0.480 e. The highest BCUT2D eigenvalue weighted by Gasteiger charge is 2.22. The number of carboxylic acids is 1. The van der Waals surface area contributed by atoms with Gasteiger partial charge >= 0.3 is 5.97 Å². The fourth-order valence-corrected chi connectivity index (χ4v) is 1.57. The van der Waals surface area contributed by atoms with Crippen molar-refractivity contribution < 1.29 is 23.6 Å². The Morgan fingerprint density at radius 1 is 1.35 bits per heavy atom. The van der Waals surface area contributed by atoms with Crippen molar-refractivity contribution in [2.45, 2.75) is 0 Å². The average molecular weight is 279 g/mol. The van der Waals surface area contributed by atoms with Gasteiger partial charge in [0.1, 0.15) is 23.6 Å². The van der Waals surface area contributed by atoms with E-state index in [1.165, 1.54) is 24.3 Å². The molecule has 0 fully saturated rings. The van der Waals surface area contributed by atoms with Gasteiger partial charge in [-0.3, -0.25) is 9.59 Å². The van der Waals surface area contributed by atoms with Gasteiger partial charge in [0.2, 0.25) is 5.88 Å². The summed E-state index contributed by atoms with van der Waals surface area (Å²) in [4.78, 5) is 22.3. The van der Waals surface area contributed by atoms with E-state index >= 15 is 0 Å². The number of carbonyl (C=O) groups is 2. The maximum atomic E-state index is 12.9. The number of rotatable bonds is 4. The molecule has 0 saturated carbocycles. The van der Waals surface area contributed by atoms with Gasteiger partial charge in [0.25, 0.3) is 5.91 Å². The molecule has 104 valence electrons. The van der Waals surface area contributed by atoms with Crippen molar-refractivity contribution in [1.82, 2.24) is 10.5 Å². The van der Waals surface area contributed by atoms with Gasteiger partial charge < -0.3 is 20.7 Å². The summed E-state index contributed by atoms with van der Waals surface area (Å²) in [5, 5.41) is 14.3. The normalized spacial score (nSPS) is 10.2. The van der Waals surface area contributed by atoms with Gasteiger partial charge in [-0.15, -0.1) is 0 Å². The lowest BCUT2D eigenvalue weighted by molar-refractivity contribution is -0.135. The van der Waals surface area contributed by atoms with Crippen LogP contribution in [0.3, 0.4) is 0 Å². The van der Waals surface area contributed by atoms with E-state index in [4.69, 9.17) is 15.4 Å². The van der Waals surface area contributed by atoms with Crippen LogP contribution in [0.25, 0.3) is 11.3 Å². The van der Waals surface area contributed by atoms with Gasteiger partial charge in [-0.25, -0.2) is 4.39 Å². The first-order valence-electron chi connectivity index (χ1n) is 5.50. The summed E-state index contributed by atoms with van der Waals surface area (Å²) in [6.07, 6.45) is 0. The Hall–Kier alpha value is -2.90.